The van der Waals surface area contributed by atoms with Gasteiger partial charge in [-0.2, -0.15) is 0 Å². The summed E-state index contributed by atoms with van der Waals surface area (Å²) in [6, 6.07) is 0. The number of aldehydes is 1. The standard InChI is InChI=1S/C14H24O3Si/c1-18(2,3)10-13-11(7-8-15)5-4-6-12(13)9-14(16)17/h8,10-12H,4-7,9H2,1-3H3,(H,16,17)/b13-10+/t11-,12+/m1/s1. The lowest BCUT2D eigenvalue weighted by Crippen LogP contribution is -2.27. The van der Waals surface area contributed by atoms with Crippen molar-refractivity contribution < 1.29 is 14.7 Å². The highest BCUT2D eigenvalue weighted by Crippen LogP contribution is 2.38. The molecule has 0 unspecified atom stereocenters. The van der Waals surface area contributed by atoms with Crippen molar-refractivity contribution in [3.05, 3.63) is 11.3 Å². The molecule has 1 aliphatic carbocycles. The van der Waals surface area contributed by atoms with Crippen LogP contribution in [0.3, 0.4) is 0 Å². The van der Waals surface area contributed by atoms with Gasteiger partial charge in [-0.1, -0.05) is 37.3 Å². The van der Waals surface area contributed by atoms with Crippen molar-refractivity contribution in [3.8, 4) is 0 Å². The molecule has 0 aromatic rings. The van der Waals surface area contributed by atoms with Crippen LogP contribution in [0, 0.1) is 11.8 Å². The maximum atomic E-state index is 11.0. The van der Waals surface area contributed by atoms with Gasteiger partial charge in [-0.25, -0.2) is 0 Å². The van der Waals surface area contributed by atoms with E-state index in [4.69, 9.17) is 5.11 Å². The molecule has 0 aromatic heterocycles. The Morgan fingerprint density at radius 1 is 1.33 bits per heavy atom. The Morgan fingerprint density at radius 3 is 2.44 bits per heavy atom. The minimum absolute atomic E-state index is 0.146. The molecule has 102 valence electrons. The zero-order valence-electron chi connectivity index (χ0n) is 11.6. The predicted molar refractivity (Wildman–Crippen MR) is 75.2 cm³/mol. The number of aliphatic carboxylic acids is 1. The molecule has 0 heterocycles. The Morgan fingerprint density at radius 2 is 1.94 bits per heavy atom. The van der Waals surface area contributed by atoms with E-state index in [0.29, 0.717) is 6.42 Å². The number of hydrogen-bond donors (Lipinski definition) is 1. The second kappa shape index (κ2) is 6.32. The van der Waals surface area contributed by atoms with Crippen molar-refractivity contribution in [1.82, 2.24) is 0 Å². The summed E-state index contributed by atoms with van der Waals surface area (Å²) in [5.41, 5.74) is 3.59. The molecule has 0 radical (unpaired) electrons. The van der Waals surface area contributed by atoms with Crippen molar-refractivity contribution in [1.29, 1.82) is 0 Å². The first-order chi connectivity index (χ1) is 8.33. The number of rotatable bonds is 5. The summed E-state index contributed by atoms with van der Waals surface area (Å²) in [5.74, 6) is -0.298. The molecule has 0 aromatic carbocycles. The van der Waals surface area contributed by atoms with E-state index in [9.17, 15) is 9.59 Å². The second-order valence-electron chi connectivity index (χ2n) is 6.34. The third-order valence-electron chi connectivity index (χ3n) is 3.45. The van der Waals surface area contributed by atoms with Gasteiger partial charge in [0.05, 0.1) is 14.5 Å². The highest BCUT2D eigenvalue weighted by atomic mass is 28.3. The van der Waals surface area contributed by atoms with E-state index in [0.717, 1.165) is 25.5 Å². The zero-order valence-corrected chi connectivity index (χ0v) is 12.6. The fourth-order valence-corrected chi connectivity index (χ4v) is 4.29. The van der Waals surface area contributed by atoms with Gasteiger partial charge >= 0.3 is 5.97 Å². The molecule has 1 N–H and O–H groups in total. The maximum absolute atomic E-state index is 11.0. The molecule has 2 atom stereocenters. The van der Waals surface area contributed by atoms with Gasteiger partial charge in [-0.05, 0) is 24.7 Å². The van der Waals surface area contributed by atoms with E-state index in [1.54, 1.807) is 0 Å². The summed E-state index contributed by atoms with van der Waals surface area (Å²) in [5, 5.41) is 9.01. The van der Waals surface area contributed by atoms with Crippen LogP contribution in [-0.4, -0.2) is 25.4 Å². The summed E-state index contributed by atoms with van der Waals surface area (Å²) in [7, 11) is -1.38. The molecular formula is C14H24O3Si. The number of carboxylic acid groups (broad SMARTS) is 1. The lowest BCUT2D eigenvalue weighted by Gasteiger charge is -2.33. The molecule has 18 heavy (non-hydrogen) atoms. The Hall–Kier alpha value is -0.903. The quantitative estimate of drug-likeness (QED) is 0.615. The van der Waals surface area contributed by atoms with Crippen LogP contribution >= 0.6 is 0 Å². The molecule has 1 rings (SSSR count). The van der Waals surface area contributed by atoms with E-state index in [2.05, 4.69) is 25.3 Å². The van der Waals surface area contributed by atoms with Crippen molar-refractivity contribution in [3.63, 3.8) is 0 Å². The molecule has 4 heteroatoms. The first-order valence-corrected chi connectivity index (χ1v) is 10.3. The van der Waals surface area contributed by atoms with Gasteiger partial charge in [0, 0.05) is 6.42 Å². The Balaban J connectivity index is 2.97. The smallest absolute Gasteiger partial charge is 0.303 e. The molecule has 0 amide bonds. The van der Waals surface area contributed by atoms with Crippen molar-refractivity contribution in [2.24, 2.45) is 11.8 Å². The summed E-state index contributed by atoms with van der Waals surface area (Å²) in [4.78, 5) is 21.7. The van der Waals surface area contributed by atoms with Crippen molar-refractivity contribution in [2.45, 2.75) is 51.7 Å². The van der Waals surface area contributed by atoms with Crippen LogP contribution in [0.5, 0.6) is 0 Å². The average Bonchev–Trinajstić information content (AvgIpc) is 2.20. The minimum atomic E-state index is -1.38. The molecule has 0 saturated heterocycles. The van der Waals surface area contributed by atoms with Crippen LogP contribution < -0.4 is 0 Å². The number of carbonyl (C=O) groups excluding carboxylic acids is 1. The third-order valence-corrected chi connectivity index (χ3v) is 4.65. The van der Waals surface area contributed by atoms with Gasteiger partial charge in [0.25, 0.3) is 0 Å². The molecule has 1 aliphatic rings. The summed E-state index contributed by atoms with van der Waals surface area (Å²) in [6.45, 7) is 6.76. The average molecular weight is 268 g/mol. The van der Waals surface area contributed by atoms with Crippen LogP contribution in [0.2, 0.25) is 19.6 Å². The molecule has 3 nitrogen and oxygen atoms in total. The van der Waals surface area contributed by atoms with Gasteiger partial charge < -0.3 is 9.90 Å². The van der Waals surface area contributed by atoms with E-state index in [1.165, 1.54) is 5.57 Å². The van der Waals surface area contributed by atoms with Gasteiger partial charge in [-0.3, -0.25) is 4.79 Å². The Bertz CT molecular complexity index is 341. The topological polar surface area (TPSA) is 54.4 Å². The number of carbonyl (C=O) groups is 2. The molecule has 1 fully saturated rings. The Kier molecular flexibility index (Phi) is 5.32. The lowest BCUT2D eigenvalue weighted by atomic mass is 9.75. The van der Waals surface area contributed by atoms with E-state index >= 15 is 0 Å². The highest BCUT2D eigenvalue weighted by molar-refractivity contribution is 6.81. The lowest BCUT2D eigenvalue weighted by molar-refractivity contribution is -0.138. The Labute approximate surface area is 110 Å². The predicted octanol–water partition coefficient (Wildman–Crippen LogP) is 3.27. The van der Waals surface area contributed by atoms with Crippen LogP contribution in [0.4, 0.5) is 0 Å². The number of hydrogen-bond acceptors (Lipinski definition) is 2. The summed E-state index contributed by atoms with van der Waals surface area (Å²) >= 11 is 0. The van der Waals surface area contributed by atoms with Crippen LogP contribution in [0.15, 0.2) is 11.3 Å². The van der Waals surface area contributed by atoms with Crippen LogP contribution in [0.1, 0.15) is 32.1 Å². The molecule has 0 aliphatic heterocycles. The van der Waals surface area contributed by atoms with Gasteiger partial charge in [0.2, 0.25) is 0 Å². The van der Waals surface area contributed by atoms with Crippen molar-refractivity contribution in [2.75, 3.05) is 0 Å². The summed E-state index contributed by atoms with van der Waals surface area (Å²) < 4.78 is 0. The molecular weight excluding hydrogens is 244 g/mol. The molecule has 1 saturated carbocycles. The minimum Gasteiger partial charge on any atom is -0.481 e. The largest absolute Gasteiger partial charge is 0.481 e. The second-order valence-corrected chi connectivity index (χ2v) is 11.4. The molecule has 0 spiro atoms. The van der Waals surface area contributed by atoms with E-state index in [1.807, 2.05) is 0 Å². The zero-order chi connectivity index (χ0) is 13.8. The highest BCUT2D eigenvalue weighted by Gasteiger charge is 2.30. The first kappa shape index (κ1) is 15.2. The number of carboxylic acids is 1. The van der Waals surface area contributed by atoms with Gasteiger partial charge in [0.1, 0.15) is 6.29 Å². The van der Waals surface area contributed by atoms with Gasteiger partial charge in [-0.15, -0.1) is 0 Å². The summed E-state index contributed by atoms with van der Waals surface area (Å²) in [6.07, 6.45) is 4.77. The third kappa shape index (κ3) is 4.76. The fraction of sp³-hybridized carbons (Fsp3) is 0.714. The van der Waals surface area contributed by atoms with E-state index in [-0.39, 0.29) is 18.3 Å². The SMILES string of the molecule is C[Si](C)(C)/C=C1\[C@@H](CC=O)CCC[C@H]1CC(=O)O. The molecule has 0 bridgehead atoms. The monoisotopic (exact) mass is 268 g/mol. The normalized spacial score (nSPS) is 27.2. The maximum Gasteiger partial charge on any atom is 0.303 e. The fourth-order valence-electron chi connectivity index (χ4n) is 2.81. The van der Waals surface area contributed by atoms with Crippen molar-refractivity contribution >= 4 is 20.3 Å². The first-order valence-electron chi connectivity index (χ1n) is 6.71. The number of allylic oxidation sites excluding steroid dienone is 1. The van der Waals surface area contributed by atoms with E-state index < -0.39 is 14.0 Å². The van der Waals surface area contributed by atoms with Crippen LogP contribution in [-0.2, 0) is 9.59 Å². The van der Waals surface area contributed by atoms with Crippen LogP contribution in [0.25, 0.3) is 0 Å². The van der Waals surface area contributed by atoms with Gasteiger partial charge in [0.15, 0.2) is 0 Å².